The van der Waals surface area contributed by atoms with Crippen LogP contribution in [0.15, 0.2) is 30.5 Å². The predicted molar refractivity (Wildman–Crippen MR) is 80.9 cm³/mol. The van der Waals surface area contributed by atoms with Crippen molar-refractivity contribution in [3.8, 4) is 23.1 Å². The lowest BCUT2D eigenvalue weighted by Crippen LogP contribution is -2.16. The molecule has 0 saturated heterocycles. The summed E-state index contributed by atoms with van der Waals surface area (Å²) in [5.74, 6) is 1.22. The molecule has 0 atom stereocenters. The fourth-order valence-corrected chi connectivity index (χ4v) is 2.14. The first-order valence-corrected chi connectivity index (χ1v) is 6.60. The van der Waals surface area contributed by atoms with Crippen LogP contribution >= 0.6 is 0 Å². The zero-order valence-corrected chi connectivity index (χ0v) is 12.4. The Morgan fingerprint density at radius 1 is 1.38 bits per heavy atom. The normalized spacial score (nSPS) is 11.0. The minimum absolute atomic E-state index is 0.131. The molecular weight excluding hydrogens is 264 g/mol. The zero-order valence-electron chi connectivity index (χ0n) is 12.4. The van der Waals surface area contributed by atoms with Crippen molar-refractivity contribution in [3.05, 3.63) is 48.5 Å². The zero-order chi connectivity index (χ0) is 15.4. The summed E-state index contributed by atoms with van der Waals surface area (Å²) in [6, 6.07) is 9.14. The highest BCUT2D eigenvalue weighted by molar-refractivity contribution is 5.68. The first kappa shape index (κ1) is 15.1. The monoisotopic (exact) mass is 282 g/mol. The van der Waals surface area contributed by atoms with Crippen molar-refractivity contribution in [2.45, 2.75) is 13.5 Å². The molecule has 2 radical (unpaired) electrons. The SMILES string of the molecule is C[C]([CH]N(C)C)Cn1ncc(-c2ccc(C#N)cc2)c1O. The Balaban J connectivity index is 2.18. The quantitative estimate of drug-likeness (QED) is 0.914. The van der Waals surface area contributed by atoms with Crippen molar-refractivity contribution >= 4 is 0 Å². The summed E-state index contributed by atoms with van der Waals surface area (Å²) in [7, 11) is 3.91. The number of aromatic hydroxyl groups is 1. The maximum atomic E-state index is 10.3. The van der Waals surface area contributed by atoms with Gasteiger partial charge in [-0.1, -0.05) is 19.1 Å². The molecule has 0 bridgehead atoms. The van der Waals surface area contributed by atoms with Crippen LogP contribution in [0.3, 0.4) is 0 Å². The van der Waals surface area contributed by atoms with Gasteiger partial charge in [-0.3, -0.25) is 0 Å². The van der Waals surface area contributed by atoms with Crippen LogP contribution in [0.25, 0.3) is 11.1 Å². The number of hydrogen-bond donors (Lipinski definition) is 1. The maximum Gasteiger partial charge on any atom is 0.217 e. The third-order valence-corrected chi connectivity index (χ3v) is 3.01. The molecule has 0 aliphatic carbocycles. The second kappa shape index (κ2) is 6.42. The number of nitriles is 1. The summed E-state index contributed by atoms with van der Waals surface area (Å²) in [6.07, 6.45) is 1.64. The molecule has 5 nitrogen and oxygen atoms in total. The van der Waals surface area contributed by atoms with E-state index in [1.54, 1.807) is 23.0 Å². The highest BCUT2D eigenvalue weighted by Gasteiger charge is 2.14. The van der Waals surface area contributed by atoms with Crippen molar-refractivity contribution in [3.63, 3.8) is 0 Å². The average molecular weight is 282 g/mol. The van der Waals surface area contributed by atoms with Gasteiger partial charge >= 0.3 is 0 Å². The Hall–Kier alpha value is -2.32. The van der Waals surface area contributed by atoms with E-state index in [2.05, 4.69) is 11.2 Å². The molecule has 2 aromatic rings. The van der Waals surface area contributed by atoms with E-state index < -0.39 is 0 Å². The van der Waals surface area contributed by atoms with Crippen molar-refractivity contribution in [2.24, 2.45) is 0 Å². The van der Waals surface area contributed by atoms with E-state index in [4.69, 9.17) is 5.26 Å². The van der Waals surface area contributed by atoms with E-state index in [-0.39, 0.29) is 5.88 Å². The minimum atomic E-state index is 0.131. The highest BCUT2D eigenvalue weighted by atomic mass is 16.3. The highest BCUT2D eigenvalue weighted by Crippen LogP contribution is 2.29. The Labute approximate surface area is 125 Å². The number of aromatic nitrogens is 2. The summed E-state index contributed by atoms with van der Waals surface area (Å²) in [6.45, 7) is 4.51. The van der Waals surface area contributed by atoms with E-state index in [0.717, 1.165) is 11.5 Å². The van der Waals surface area contributed by atoms with Crippen LogP contribution in [0.4, 0.5) is 0 Å². The van der Waals surface area contributed by atoms with Crippen LogP contribution in [0.1, 0.15) is 12.5 Å². The second-order valence-corrected chi connectivity index (χ2v) is 5.17. The molecule has 5 heteroatoms. The van der Waals surface area contributed by atoms with Gasteiger partial charge < -0.3 is 10.0 Å². The van der Waals surface area contributed by atoms with E-state index in [9.17, 15) is 5.11 Å². The minimum Gasteiger partial charge on any atom is -0.493 e. The van der Waals surface area contributed by atoms with Gasteiger partial charge in [-0.2, -0.15) is 10.4 Å². The molecule has 21 heavy (non-hydrogen) atoms. The summed E-state index contributed by atoms with van der Waals surface area (Å²) in [4.78, 5) is 1.96. The van der Waals surface area contributed by atoms with Crippen LogP contribution in [-0.2, 0) is 6.54 Å². The van der Waals surface area contributed by atoms with E-state index in [1.807, 2.05) is 44.6 Å². The molecule has 0 aliphatic heterocycles. The van der Waals surface area contributed by atoms with Gasteiger partial charge in [0.05, 0.1) is 29.9 Å². The number of nitrogens with zero attached hydrogens (tertiary/aromatic N) is 4. The topological polar surface area (TPSA) is 65.1 Å². The molecule has 1 N–H and O–H groups in total. The Kier molecular flexibility index (Phi) is 4.61. The fourth-order valence-electron chi connectivity index (χ4n) is 2.14. The van der Waals surface area contributed by atoms with E-state index in [1.165, 1.54) is 0 Å². The summed E-state index contributed by atoms with van der Waals surface area (Å²) < 4.78 is 1.56. The molecule has 0 spiro atoms. The van der Waals surface area contributed by atoms with E-state index >= 15 is 0 Å². The van der Waals surface area contributed by atoms with Crippen molar-refractivity contribution in [1.82, 2.24) is 14.7 Å². The maximum absolute atomic E-state index is 10.3. The average Bonchev–Trinajstić information content (AvgIpc) is 2.79. The van der Waals surface area contributed by atoms with Crippen molar-refractivity contribution in [1.29, 1.82) is 5.26 Å². The third-order valence-electron chi connectivity index (χ3n) is 3.01. The molecule has 108 valence electrons. The van der Waals surface area contributed by atoms with Gasteiger partial charge in [0.15, 0.2) is 0 Å². The molecular formula is C16H18N4O. The first-order chi connectivity index (χ1) is 10.0. The molecule has 0 saturated carbocycles. The molecule has 1 aromatic carbocycles. The Bertz CT molecular complexity index is 637. The van der Waals surface area contributed by atoms with E-state index in [0.29, 0.717) is 17.7 Å². The van der Waals surface area contributed by atoms with Crippen LogP contribution in [0, 0.1) is 23.8 Å². The van der Waals surface area contributed by atoms with Gasteiger partial charge in [0.25, 0.3) is 0 Å². The third kappa shape index (κ3) is 3.61. The second-order valence-electron chi connectivity index (χ2n) is 5.17. The molecule has 0 amide bonds. The number of benzene rings is 1. The van der Waals surface area contributed by atoms with Crippen LogP contribution in [0.2, 0.25) is 0 Å². The lowest BCUT2D eigenvalue weighted by atomic mass is 10.1. The van der Waals surface area contributed by atoms with Crippen LogP contribution in [-0.4, -0.2) is 33.9 Å². The molecule has 2 rings (SSSR count). The smallest absolute Gasteiger partial charge is 0.217 e. The van der Waals surface area contributed by atoms with Gasteiger partial charge in [0, 0.05) is 12.5 Å². The van der Waals surface area contributed by atoms with Crippen LogP contribution in [0.5, 0.6) is 5.88 Å². The molecule has 0 unspecified atom stereocenters. The summed E-state index contributed by atoms with van der Waals surface area (Å²) in [5.41, 5.74) is 2.10. The molecule has 0 aliphatic rings. The van der Waals surface area contributed by atoms with Gasteiger partial charge in [-0.25, -0.2) is 4.68 Å². The largest absolute Gasteiger partial charge is 0.493 e. The van der Waals surface area contributed by atoms with Crippen molar-refractivity contribution in [2.75, 3.05) is 14.1 Å². The van der Waals surface area contributed by atoms with Gasteiger partial charge in [0.2, 0.25) is 5.88 Å². The summed E-state index contributed by atoms with van der Waals surface area (Å²) in [5, 5.41) is 23.3. The fraction of sp³-hybridized carbons (Fsp3) is 0.250. The Morgan fingerprint density at radius 3 is 2.62 bits per heavy atom. The Morgan fingerprint density at radius 2 is 2.05 bits per heavy atom. The molecule has 1 aromatic heterocycles. The predicted octanol–water partition coefficient (Wildman–Crippen LogP) is 2.45. The summed E-state index contributed by atoms with van der Waals surface area (Å²) >= 11 is 0. The van der Waals surface area contributed by atoms with Gasteiger partial charge in [0.1, 0.15) is 0 Å². The molecule has 0 fully saturated rings. The standard InChI is InChI=1S/C16H18N4O/c1-12(10-19(2)3)11-20-16(21)15(9-18-20)14-6-4-13(8-17)5-7-14/h4-7,9-10,21H,11H2,1-3H3. The van der Waals surface area contributed by atoms with Crippen molar-refractivity contribution < 1.29 is 5.11 Å². The number of rotatable bonds is 5. The van der Waals surface area contributed by atoms with Gasteiger partial charge in [-0.15, -0.1) is 0 Å². The van der Waals surface area contributed by atoms with Crippen LogP contribution < -0.4 is 0 Å². The first-order valence-electron chi connectivity index (χ1n) is 6.60. The number of hydrogen-bond acceptors (Lipinski definition) is 4. The lowest BCUT2D eigenvalue weighted by molar-refractivity contribution is 0.395. The lowest BCUT2D eigenvalue weighted by Gasteiger charge is -2.15. The van der Waals surface area contributed by atoms with Gasteiger partial charge in [-0.05, 0) is 31.8 Å². The molecule has 1 heterocycles.